The summed E-state index contributed by atoms with van der Waals surface area (Å²) in [5.41, 5.74) is 2.26. The molecule has 132 valence electrons. The molecule has 2 aliphatic rings. The molecule has 0 radical (unpaired) electrons. The van der Waals surface area contributed by atoms with Crippen LogP contribution in [0.4, 0.5) is 0 Å². The largest absolute Gasteiger partial charge is 0.393 e. The lowest BCUT2D eigenvalue weighted by atomic mass is 9.79. The molecule has 2 fully saturated rings. The van der Waals surface area contributed by atoms with Crippen LogP contribution in [0.3, 0.4) is 0 Å². The van der Waals surface area contributed by atoms with Crippen LogP contribution in [0, 0.1) is 0 Å². The third-order valence-electron chi connectivity index (χ3n) is 5.76. The number of hydrogen-bond acceptors (Lipinski definition) is 4. The number of rotatable bonds is 3. The number of aliphatic hydroxyl groups is 1. The number of carbonyl (C=O) groups is 1. The minimum absolute atomic E-state index is 0.00312. The fourth-order valence-corrected chi connectivity index (χ4v) is 4.33. The summed E-state index contributed by atoms with van der Waals surface area (Å²) in [6.45, 7) is 0.667. The van der Waals surface area contributed by atoms with Crippen molar-refractivity contribution in [2.75, 3.05) is 13.7 Å². The normalized spacial score (nSPS) is 28.8. The van der Waals surface area contributed by atoms with Crippen LogP contribution in [0.5, 0.6) is 0 Å². The van der Waals surface area contributed by atoms with Gasteiger partial charge in [-0.05, 0) is 43.4 Å². The highest BCUT2D eigenvalue weighted by Crippen LogP contribution is 2.43. The van der Waals surface area contributed by atoms with E-state index in [0.717, 1.165) is 30.4 Å². The van der Waals surface area contributed by atoms with Gasteiger partial charge in [0, 0.05) is 31.0 Å². The Morgan fingerprint density at radius 2 is 2.28 bits per heavy atom. The van der Waals surface area contributed by atoms with Crippen molar-refractivity contribution in [1.29, 1.82) is 0 Å². The van der Waals surface area contributed by atoms with E-state index in [1.165, 1.54) is 0 Å². The summed E-state index contributed by atoms with van der Waals surface area (Å²) < 4.78 is 5.83. The maximum Gasteiger partial charge on any atom is 0.254 e. The molecule has 1 aliphatic heterocycles. The minimum Gasteiger partial charge on any atom is -0.393 e. The Labute approximate surface area is 146 Å². The van der Waals surface area contributed by atoms with Gasteiger partial charge in [0.05, 0.1) is 23.9 Å². The molecule has 1 saturated carbocycles. The summed E-state index contributed by atoms with van der Waals surface area (Å²) in [6, 6.07) is 7.55. The predicted molar refractivity (Wildman–Crippen MR) is 93.1 cm³/mol. The number of hydrogen-bond donors (Lipinski definition) is 2. The zero-order chi connectivity index (χ0) is 17.4. The van der Waals surface area contributed by atoms with Gasteiger partial charge in [-0.2, -0.15) is 5.10 Å². The first-order valence-corrected chi connectivity index (χ1v) is 8.76. The van der Waals surface area contributed by atoms with Crippen LogP contribution in [-0.4, -0.2) is 57.5 Å². The van der Waals surface area contributed by atoms with Gasteiger partial charge in [-0.25, -0.2) is 0 Å². The second-order valence-corrected chi connectivity index (χ2v) is 7.03. The van der Waals surface area contributed by atoms with Gasteiger partial charge < -0.3 is 14.7 Å². The molecule has 6 nitrogen and oxygen atoms in total. The zero-order valence-corrected chi connectivity index (χ0v) is 14.3. The highest BCUT2D eigenvalue weighted by molar-refractivity contribution is 5.96. The molecule has 3 atom stereocenters. The van der Waals surface area contributed by atoms with Crippen molar-refractivity contribution < 1.29 is 14.6 Å². The van der Waals surface area contributed by atoms with Gasteiger partial charge >= 0.3 is 0 Å². The average Bonchev–Trinajstić information content (AvgIpc) is 3.29. The van der Waals surface area contributed by atoms with Crippen LogP contribution in [0.15, 0.2) is 36.7 Å². The Kier molecular flexibility index (Phi) is 4.09. The van der Waals surface area contributed by atoms with Gasteiger partial charge in [-0.3, -0.25) is 9.89 Å². The van der Waals surface area contributed by atoms with E-state index in [2.05, 4.69) is 10.2 Å². The number of H-pyrrole nitrogens is 1. The lowest BCUT2D eigenvalue weighted by molar-refractivity contribution is -0.0824. The predicted octanol–water partition coefficient (Wildman–Crippen LogP) is 2.22. The highest BCUT2D eigenvalue weighted by Gasteiger charge is 2.52. The molecule has 2 N–H and O–H groups in total. The van der Waals surface area contributed by atoms with Crippen molar-refractivity contribution in [3.63, 3.8) is 0 Å². The fourth-order valence-electron chi connectivity index (χ4n) is 4.33. The Hall–Kier alpha value is -2.18. The third kappa shape index (κ3) is 2.75. The van der Waals surface area contributed by atoms with Gasteiger partial charge in [0.15, 0.2) is 0 Å². The molecule has 6 heteroatoms. The van der Waals surface area contributed by atoms with Crippen molar-refractivity contribution in [2.45, 2.75) is 43.4 Å². The summed E-state index contributed by atoms with van der Waals surface area (Å²) >= 11 is 0. The summed E-state index contributed by atoms with van der Waals surface area (Å²) in [5.74, 6) is 0.00312. The summed E-state index contributed by atoms with van der Waals surface area (Å²) in [7, 11) is 1.72. The van der Waals surface area contributed by atoms with Gasteiger partial charge in [-0.1, -0.05) is 12.1 Å². The second kappa shape index (κ2) is 6.28. The maximum atomic E-state index is 13.2. The number of aliphatic hydroxyl groups excluding tert-OH is 1. The zero-order valence-electron chi connectivity index (χ0n) is 14.3. The summed E-state index contributed by atoms with van der Waals surface area (Å²) in [4.78, 5) is 15.0. The molecule has 1 aliphatic carbocycles. The van der Waals surface area contributed by atoms with Crippen molar-refractivity contribution in [1.82, 2.24) is 15.1 Å². The number of nitrogens with one attached hydrogen (secondary N) is 1. The number of carbonyl (C=O) groups excluding carboxylic acids is 1. The number of nitrogens with zero attached hydrogens (tertiary/aromatic N) is 2. The average molecular weight is 341 g/mol. The quantitative estimate of drug-likeness (QED) is 0.897. The molecule has 0 spiro atoms. The van der Waals surface area contributed by atoms with E-state index in [9.17, 15) is 9.90 Å². The number of benzene rings is 1. The van der Waals surface area contributed by atoms with Crippen molar-refractivity contribution >= 4 is 5.91 Å². The topological polar surface area (TPSA) is 78.5 Å². The van der Waals surface area contributed by atoms with Crippen LogP contribution < -0.4 is 0 Å². The van der Waals surface area contributed by atoms with Crippen molar-refractivity contribution in [2.24, 2.45) is 0 Å². The molecule has 4 rings (SSSR count). The van der Waals surface area contributed by atoms with E-state index < -0.39 is 0 Å². The van der Waals surface area contributed by atoms with E-state index in [-0.39, 0.29) is 23.7 Å². The number of methoxy groups -OCH3 is 1. The minimum atomic E-state index is -0.362. The van der Waals surface area contributed by atoms with Crippen molar-refractivity contribution in [3.8, 4) is 11.1 Å². The molecule has 1 amide bonds. The van der Waals surface area contributed by atoms with E-state index in [0.29, 0.717) is 18.5 Å². The molecular formula is C19H23N3O3. The van der Waals surface area contributed by atoms with Gasteiger partial charge in [0.2, 0.25) is 0 Å². The fraction of sp³-hybridized carbons (Fsp3) is 0.474. The first kappa shape index (κ1) is 16.3. The number of ether oxygens (including phenoxy) is 1. The first-order chi connectivity index (χ1) is 12.1. The summed E-state index contributed by atoms with van der Waals surface area (Å²) in [6.07, 6.45) is 6.14. The monoisotopic (exact) mass is 341 g/mol. The smallest absolute Gasteiger partial charge is 0.254 e. The van der Waals surface area contributed by atoms with Gasteiger partial charge in [-0.15, -0.1) is 0 Å². The van der Waals surface area contributed by atoms with E-state index in [1.807, 2.05) is 35.4 Å². The molecule has 0 bridgehead atoms. The molecule has 2 aromatic rings. The lowest BCUT2D eigenvalue weighted by Gasteiger charge is -2.42. The van der Waals surface area contributed by atoms with E-state index in [4.69, 9.17) is 4.74 Å². The summed E-state index contributed by atoms with van der Waals surface area (Å²) in [5, 5.41) is 16.9. The standard InChI is InChI=1S/C19H23N3O3/c1-25-19-6-5-16(23)10-17(19)22(8-7-19)18(24)14-4-2-3-13(9-14)15-11-20-21-12-15/h2-4,9,11-12,16-17,23H,5-8,10H2,1H3,(H,20,21)/t16-,17-,19+/m0/s1. The molecule has 1 saturated heterocycles. The highest BCUT2D eigenvalue weighted by atomic mass is 16.5. The van der Waals surface area contributed by atoms with Gasteiger partial charge in [0.25, 0.3) is 5.91 Å². The Morgan fingerprint density at radius 1 is 1.40 bits per heavy atom. The second-order valence-electron chi connectivity index (χ2n) is 7.03. The lowest BCUT2D eigenvalue weighted by Crippen LogP contribution is -2.52. The SMILES string of the molecule is CO[C@@]12CC[C@H](O)C[C@@H]1N(C(=O)c1cccc(-c3cn[nH]c3)c1)CC2. The first-order valence-electron chi connectivity index (χ1n) is 8.76. The molecule has 1 aromatic carbocycles. The number of amides is 1. The number of aromatic amines is 1. The Morgan fingerprint density at radius 3 is 3.04 bits per heavy atom. The van der Waals surface area contributed by atoms with Crippen molar-refractivity contribution in [3.05, 3.63) is 42.2 Å². The third-order valence-corrected chi connectivity index (χ3v) is 5.76. The molecule has 0 unspecified atom stereocenters. The van der Waals surface area contributed by atoms with E-state index >= 15 is 0 Å². The number of aromatic nitrogens is 2. The van der Waals surface area contributed by atoms with Crippen LogP contribution >= 0.6 is 0 Å². The molecular weight excluding hydrogens is 318 g/mol. The van der Waals surface area contributed by atoms with Crippen LogP contribution in [0.25, 0.3) is 11.1 Å². The Bertz CT molecular complexity index is 761. The molecule has 2 heterocycles. The molecule has 25 heavy (non-hydrogen) atoms. The Balaban J connectivity index is 1.62. The van der Waals surface area contributed by atoms with Crippen LogP contribution in [-0.2, 0) is 4.74 Å². The molecule has 1 aromatic heterocycles. The number of likely N-dealkylation sites (tertiary alicyclic amines) is 1. The van der Waals surface area contributed by atoms with E-state index in [1.54, 1.807) is 13.3 Å². The number of fused-ring (bicyclic) bond motifs is 1. The van der Waals surface area contributed by atoms with Gasteiger partial charge in [0.1, 0.15) is 0 Å². The maximum absolute atomic E-state index is 13.2. The van der Waals surface area contributed by atoms with Crippen LogP contribution in [0.1, 0.15) is 36.0 Å². The van der Waals surface area contributed by atoms with Crippen LogP contribution in [0.2, 0.25) is 0 Å².